The largest absolute Gasteiger partial charge is 0.422 e. The molecule has 4 nitrogen and oxygen atoms in total. The van der Waals surface area contributed by atoms with Crippen molar-refractivity contribution in [2.24, 2.45) is 5.92 Å². The van der Waals surface area contributed by atoms with Crippen molar-refractivity contribution in [3.05, 3.63) is 64.0 Å². The molecule has 7 heteroatoms. The summed E-state index contributed by atoms with van der Waals surface area (Å²) >= 11 is 12.3. The van der Waals surface area contributed by atoms with E-state index in [1.165, 1.54) is 11.6 Å². The van der Waals surface area contributed by atoms with E-state index in [2.05, 4.69) is 28.3 Å². The molecule has 0 radical (unpaired) electrons. The summed E-state index contributed by atoms with van der Waals surface area (Å²) in [6.07, 6.45) is 7.36. The van der Waals surface area contributed by atoms with Gasteiger partial charge in [-0.05, 0) is 92.8 Å². The lowest BCUT2D eigenvalue weighted by molar-refractivity contribution is 0.301. The molecule has 0 amide bonds. The molecule has 1 fully saturated rings. The van der Waals surface area contributed by atoms with Gasteiger partial charge in [-0.1, -0.05) is 23.2 Å². The molecule has 1 N–H and O–H groups in total. The molecule has 1 atom stereocenters. The number of nitrogens with zero attached hydrogens (tertiary/aromatic N) is 2. The van der Waals surface area contributed by atoms with Crippen LogP contribution in [0.4, 0.5) is 10.4 Å². The van der Waals surface area contributed by atoms with Gasteiger partial charge in [0.1, 0.15) is 16.4 Å². The summed E-state index contributed by atoms with van der Waals surface area (Å²) in [6, 6.07) is 11.1. The summed E-state index contributed by atoms with van der Waals surface area (Å²) in [5.41, 5.74) is 3.29. The molecule has 0 aliphatic heterocycles. The van der Waals surface area contributed by atoms with Gasteiger partial charge in [-0.2, -0.15) is 4.98 Å². The fourth-order valence-corrected chi connectivity index (χ4v) is 5.32. The number of benzene rings is 2. The zero-order valence-corrected chi connectivity index (χ0v) is 19.3. The van der Waals surface area contributed by atoms with Crippen molar-refractivity contribution >= 4 is 51.2 Å². The van der Waals surface area contributed by atoms with Crippen LogP contribution in [0.3, 0.4) is 0 Å². The van der Waals surface area contributed by atoms with Crippen LogP contribution in [0.25, 0.3) is 22.0 Å². The second kappa shape index (κ2) is 8.87. The number of pyridine rings is 1. The molecule has 4 aromatic rings. The Morgan fingerprint density at radius 1 is 1.09 bits per heavy atom. The fourth-order valence-electron chi connectivity index (χ4n) is 4.97. The van der Waals surface area contributed by atoms with Crippen molar-refractivity contribution in [3.8, 4) is 0 Å². The average Bonchev–Trinajstić information content (AvgIpc) is 3.19. The SMILES string of the molecule is C[C@H](CC1CCC(c2ccnc3ccc(F)cc23)CC1)Nc1nc2ccc(Cl)c(Cl)c2o1. The van der Waals surface area contributed by atoms with E-state index in [1.807, 2.05) is 6.20 Å². The Balaban J connectivity index is 1.21. The Kier molecular flexibility index (Phi) is 5.95. The highest BCUT2D eigenvalue weighted by molar-refractivity contribution is 6.44. The smallest absolute Gasteiger partial charge is 0.295 e. The highest BCUT2D eigenvalue weighted by atomic mass is 35.5. The second-order valence-corrected chi connectivity index (χ2v) is 9.57. The molecule has 32 heavy (non-hydrogen) atoms. The van der Waals surface area contributed by atoms with Gasteiger partial charge in [0, 0.05) is 17.6 Å². The number of oxazole rings is 1. The number of aromatic nitrogens is 2. The van der Waals surface area contributed by atoms with E-state index < -0.39 is 0 Å². The average molecular weight is 472 g/mol. The van der Waals surface area contributed by atoms with Crippen LogP contribution in [0, 0.1) is 11.7 Å². The normalized spacial score (nSPS) is 20.0. The van der Waals surface area contributed by atoms with Crippen LogP contribution in [-0.2, 0) is 0 Å². The van der Waals surface area contributed by atoms with Crippen molar-refractivity contribution in [1.29, 1.82) is 0 Å². The fraction of sp³-hybridized carbons (Fsp3) is 0.360. The Morgan fingerprint density at radius 2 is 1.88 bits per heavy atom. The van der Waals surface area contributed by atoms with Gasteiger partial charge in [-0.25, -0.2) is 4.39 Å². The summed E-state index contributed by atoms with van der Waals surface area (Å²) in [4.78, 5) is 8.87. The number of halogens is 3. The molecule has 2 heterocycles. The van der Waals surface area contributed by atoms with E-state index in [9.17, 15) is 4.39 Å². The van der Waals surface area contributed by atoms with Gasteiger partial charge >= 0.3 is 0 Å². The second-order valence-electron chi connectivity index (χ2n) is 8.79. The molecule has 166 valence electrons. The lowest BCUT2D eigenvalue weighted by atomic mass is 9.76. The van der Waals surface area contributed by atoms with Gasteiger partial charge in [-0.15, -0.1) is 0 Å². The van der Waals surface area contributed by atoms with Crippen molar-refractivity contribution in [3.63, 3.8) is 0 Å². The number of hydrogen-bond donors (Lipinski definition) is 1. The highest BCUT2D eigenvalue weighted by Crippen LogP contribution is 2.40. The minimum Gasteiger partial charge on any atom is -0.422 e. The van der Waals surface area contributed by atoms with Crippen LogP contribution in [0.15, 0.2) is 47.0 Å². The van der Waals surface area contributed by atoms with Crippen LogP contribution in [0.5, 0.6) is 0 Å². The Bertz CT molecular complexity index is 1270. The number of nitrogens with one attached hydrogen (secondary N) is 1. The van der Waals surface area contributed by atoms with Crippen molar-refractivity contribution in [2.45, 2.75) is 51.0 Å². The molecule has 1 saturated carbocycles. The van der Waals surface area contributed by atoms with E-state index in [1.54, 1.807) is 24.3 Å². The predicted molar refractivity (Wildman–Crippen MR) is 128 cm³/mol. The van der Waals surface area contributed by atoms with Gasteiger partial charge in [0.05, 0.1) is 10.5 Å². The minimum atomic E-state index is -0.205. The van der Waals surface area contributed by atoms with E-state index >= 15 is 0 Å². The summed E-state index contributed by atoms with van der Waals surface area (Å²) in [6.45, 7) is 2.15. The molecule has 2 aromatic carbocycles. The quantitative estimate of drug-likeness (QED) is 0.320. The van der Waals surface area contributed by atoms with Crippen molar-refractivity contribution < 1.29 is 8.81 Å². The Labute approximate surface area is 196 Å². The van der Waals surface area contributed by atoms with Gasteiger partial charge in [0.25, 0.3) is 6.01 Å². The first-order chi connectivity index (χ1) is 15.5. The number of hydrogen-bond acceptors (Lipinski definition) is 4. The molecule has 0 saturated heterocycles. The molecule has 0 unspecified atom stereocenters. The van der Waals surface area contributed by atoms with Gasteiger partial charge in [0.2, 0.25) is 0 Å². The summed E-state index contributed by atoms with van der Waals surface area (Å²) in [5.74, 6) is 0.870. The molecule has 0 spiro atoms. The lowest BCUT2D eigenvalue weighted by Crippen LogP contribution is -2.23. The topological polar surface area (TPSA) is 51.0 Å². The van der Waals surface area contributed by atoms with E-state index in [0.717, 1.165) is 43.0 Å². The summed E-state index contributed by atoms with van der Waals surface area (Å²) < 4.78 is 19.6. The molecule has 1 aliphatic rings. The van der Waals surface area contributed by atoms with Crippen LogP contribution in [0.1, 0.15) is 50.5 Å². The van der Waals surface area contributed by atoms with E-state index in [-0.39, 0.29) is 11.9 Å². The van der Waals surface area contributed by atoms with Crippen LogP contribution < -0.4 is 5.32 Å². The highest BCUT2D eigenvalue weighted by Gasteiger charge is 2.25. The van der Waals surface area contributed by atoms with Gasteiger partial charge in [-0.3, -0.25) is 4.98 Å². The monoisotopic (exact) mass is 471 g/mol. The number of fused-ring (bicyclic) bond motifs is 2. The zero-order valence-electron chi connectivity index (χ0n) is 17.7. The van der Waals surface area contributed by atoms with Crippen LogP contribution >= 0.6 is 23.2 Å². The maximum absolute atomic E-state index is 13.8. The Hall–Kier alpha value is -2.37. The lowest BCUT2D eigenvalue weighted by Gasteiger charge is -2.31. The van der Waals surface area contributed by atoms with Crippen molar-refractivity contribution in [2.75, 3.05) is 5.32 Å². The summed E-state index contributed by atoms with van der Waals surface area (Å²) in [5, 5.41) is 5.16. The Morgan fingerprint density at radius 3 is 2.69 bits per heavy atom. The molecular formula is C25H24Cl2FN3O. The first-order valence-corrected chi connectivity index (χ1v) is 11.8. The first kappa shape index (κ1) is 21.5. The standard InChI is InChI=1S/C25H24Cl2FN3O/c1-14(30-25-31-22-9-7-20(26)23(27)24(22)32-25)12-15-2-4-16(5-3-15)18-10-11-29-21-8-6-17(28)13-19(18)21/h6-11,13-16H,2-5,12H2,1H3,(H,30,31)/t14-,15?,16?/m1/s1. The van der Waals surface area contributed by atoms with E-state index in [0.29, 0.717) is 39.0 Å². The third kappa shape index (κ3) is 4.28. The maximum Gasteiger partial charge on any atom is 0.295 e. The molecular weight excluding hydrogens is 448 g/mol. The number of anilines is 1. The maximum atomic E-state index is 13.8. The minimum absolute atomic E-state index is 0.205. The molecule has 0 bridgehead atoms. The van der Waals surface area contributed by atoms with Crippen molar-refractivity contribution in [1.82, 2.24) is 9.97 Å². The van der Waals surface area contributed by atoms with Crippen LogP contribution in [0.2, 0.25) is 10.0 Å². The van der Waals surface area contributed by atoms with Gasteiger partial charge < -0.3 is 9.73 Å². The third-order valence-electron chi connectivity index (χ3n) is 6.53. The molecule has 1 aliphatic carbocycles. The zero-order chi connectivity index (χ0) is 22.2. The molecule has 2 aromatic heterocycles. The third-order valence-corrected chi connectivity index (χ3v) is 7.32. The predicted octanol–water partition coefficient (Wildman–Crippen LogP) is 7.99. The molecule has 5 rings (SSSR count). The van der Waals surface area contributed by atoms with Crippen LogP contribution in [-0.4, -0.2) is 16.0 Å². The first-order valence-electron chi connectivity index (χ1n) is 11.0. The van der Waals surface area contributed by atoms with E-state index in [4.69, 9.17) is 27.6 Å². The van der Waals surface area contributed by atoms with Gasteiger partial charge in [0.15, 0.2) is 5.58 Å². The summed E-state index contributed by atoms with van der Waals surface area (Å²) in [7, 11) is 0. The number of rotatable bonds is 5.